The average molecular weight is 293 g/mol. The number of rotatable bonds is 6. The van der Waals surface area contributed by atoms with Crippen molar-refractivity contribution in [3.63, 3.8) is 0 Å². The zero-order valence-electron chi connectivity index (χ0n) is 11.6. The number of hydrogen-bond donors (Lipinski definition) is 3. The number of hydrogen-bond acceptors (Lipinski definition) is 5. The number of thiazole rings is 1. The first-order valence-electron chi connectivity index (χ1n) is 6.56. The molecule has 108 valence electrons. The van der Waals surface area contributed by atoms with E-state index in [1.165, 1.54) is 16.9 Å². The average Bonchev–Trinajstić information content (AvgIpc) is 3.03. The standard InChI is InChI=1S/C13H19N5OS/c1-8(14)13-17-11(7-20-13)12(19)15-5-3-4-10-6-16-18-9(10)2/h6-8H,3-5,14H2,1-2H3,(H,15,19)(H,16,18). The first kappa shape index (κ1) is 14.7. The van der Waals surface area contributed by atoms with E-state index in [9.17, 15) is 4.79 Å². The normalized spacial score (nSPS) is 12.3. The van der Waals surface area contributed by atoms with E-state index in [1.54, 1.807) is 5.38 Å². The number of H-pyrrole nitrogens is 1. The van der Waals surface area contributed by atoms with Gasteiger partial charge in [-0.25, -0.2) is 4.98 Å². The largest absolute Gasteiger partial charge is 0.351 e. The van der Waals surface area contributed by atoms with Crippen LogP contribution in [0.3, 0.4) is 0 Å². The molecule has 2 heterocycles. The number of aryl methyl sites for hydroxylation is 2. The lowest BCUT2D eigenvalue weighted by atomic mass is 10.1. The molecule has 7 heteroatoms. The number of carbonyl (C=O) groups excluding carboxylic acids is 1. The minimum absolute atomic E-state index is 0.134. The second-order valence-electron chi connectivity index (χ2n) is 4.74. The summed E-state index contributed by atoms with van der Waals surface area (Å²) >= 11 is 1.42. The van der Waals surface area contributed by atoms with Gasteiger partial charge in [-0.05, 0) is 32.3 Å². The highest BCUT2D eigenvalue weighted by molar-refractivity contribution is 7.09. The van der Waals surface area contributed by atoms with Gasteiger partial charge >= 0.3 is 0 Å². The fraction of sp³-hybridized carbons (Fsp3) is 0.462. The van der Waals surface area contributed by atoms with Crippen LogP contribution < -0.4 is 11.1 Å². The smallest absolute Gasteiger partial charge is 0.270 e. The maximum Gasteiger partial charge on any atom is 0.270 e. The Balaban J connectivity index is 1.76. The van der Waals surface area contributed by atoms with E-state index < -0.39 is 0 Å². The molecule has 0 spiro atoms. The fourth-order valence-electron chi connectivity index (χ4n) is 1.80. The Morgan fingerprint density at radius 3 is 3.00 bits per heavy atom. The summed E-state index contributed by atoms with van der Waals surface area (Å²) in [4.78, 5) is 16.1. The molecule has 4 N–H and O–H groups in total. The molecule has 1 unspecified atom stereocenters. The van der Waals surface area contributed by atoms with Crippen molar-refractivity contribution in [3.05, 3.63) is 33.5 Å². The second-order valence-corrected chi connectivity index (χ2v) is 5.63. The van der Waals surface area contributed by atoms with Gasteiger partial charge in [0.05, 0.1) is 12.2 Å². The van der Waals surface area contributed by atoms with Crippen LogP contribution in [0.15, 0.2) is 11.6 Å². The van der Waals surface area contributed by atoms with Crippen LogP contribution in [0.5, 0.6) is 0 Å². The molecule has 2 rings (SSSR count). The first-order chi connectivity index (χ1) is 9.58. The predicted octanol–water partition coefficient (Wildman–Crippen LogP) is 1.56. The minimum Gasteiger partial charge on any atom is -0.351 e. The predicted molar refractivity (Wildman–Crippen MR) is 78.7 cm³/mol. The highest BCUT2D eigenvalue weighted by Gasteiger charge is 2.12. The number of amides is 1. The Kier molecular flexibility index (Phi) is 4.86. The number of carbonyl (C=O) groups is 1. The van der Waals surface area contributed by atoms with Crippen molar-refractivity contribution in [2.24, 2.45) is 5.73 Å². The van der Waals surface area contributed by atoms with Crippen molar-refractivity contribution >= 4 is 17.2 Å². The molecule has 0 aromatic carbocycles. The molecular formula is C13H19N5OS. The van der Waals surface area contributed by atoms with E-state index in [0.29, 0.717) is 12.2 Å². The van der Waals surface area contributed by atoms with Crippen LogP contribution in [-0.4, -0.2) is 27.6 Å². The molecule has 0 fully saturated rings. The quantitative estimate of drug-likeness (QED) is 0.704. The van der Waals surface area contributed by atoms with Gasteiger partial charge < -0.3 is 11.1 Å². The van der Waals surface area contributed by atoms with Gasteiger partial charge in [-0.15, -0.1) is 11.3 Å². The van der Waals surface area contributed by atoms with Gasteiger partial charge in [0, 0.05) is 17.6 Å². The topological polar surface area (TPSA) is 96.7 Å². The first-order valence-corrected chi connectivity index (χ1v) is 7.44. The summed E-state index contributed by atoms with van der Waals surface area (Å²) in [6.45, 7) is 4.47. The van der Waals surface area contributed by atoms with Crippen LogP contribution in [0.2, 0.25) is 0 Å². The van der Waals surface area contributed by atoms with Gasteiger partial charge in [0.2, 0.25) is 0 Å². The zero-order chi connectivity index (χ0) is 14.5. The highest BCUT2D eigenvalue weighted by atomic mass is 32.1. The van der Waals surface area contributed by atoms with Crippen LogP contribution in [0.4, 0.5) is 0 Å². The zero-order valence-corrected chi connectivity index (χ0v) is 12.5. The Morgan fingerprint density at radius 1 is 1.60 bits per heavy atom. The van der Waals surface area contributed by atoms with Gasteiger partial charge in [-0.1, -0.05) is 0 Å². The molecule has 2 aromatic rings. The van der Waals surface area contributed by atoms with E-state index in [-0.39, 0.29) is 11.9 Å². The third-order valence-electron chi connectivity index (χ3n) is 2.99. The van der Waals surface area contributed by atoms with E-state index in [2.05, 4.69) is 20.5 Å². The van der Waals surface area contributed by atoms with Crippen molar-refractivity contribution in [1.29, 1.82) is 0 Å². The van der Waals surface area contributed by atoms with Gasteiger partial charge in [0.1, 0.15) is 10.7 Å². The SMILES string of the molecule is Cc1[nH]ncc1CCCNC(=O)c1csc(C(C)N)n1. The summed E-state index contributed by atoms with van der Waals surface area (Å²) in [5, 5.41) is 12.3. The van der Waals surface area contributed by atoms with Gasteiger partial charge in [-0.3, -0.25) is 9.89 Å². The number of nitrogens with two attached hydrogens (primary N) is 1. The molecule has 1 atom stereocenters. The molecule has 0 radical (unpaired) electrons. The fourth-order valence-corrected chi connectivity index (χ4v) is 2.56. The van der Waals surface area contributed by atoms with Crippen molar-refractivity contribution in [2.45, 2.75) is 32.7 Å². The lowest BCUT2D eigenvalue weighted by Crippen LogP contribution is -2.25. The lowest BCUT2D eigenvalue weighted by Gasteiger charge is -2.03. The van der Waals surface area contributed by atoms with Gasteiger partial charge in [0.25, 0.3) is 5.91 Å². The van der Waals surface area contributed by atoms with Crippen molar-refractivity contribution in [1.82, 2.24) is 20.5 Å². The number of nitrogens with one attached hydrogen (secondary N) is 2. The van der Waals surface area contributed by atoms with Crippen molar-refractivity contribution < 1.29 is 4.79 Å². The second kappa shape index (κ2) is 6.62. The molecule has 6 nitrogen and oxygen atoms in total. The maximum atomic E-state index is 11.9. The van der Waals surface area contributed by atoms with Crippen LogP contribution in [-0.2, 0) is 6.42 Å². The highest BCUT2D eigenvalue weighted by Crippen LogP contribution is 2.15. The molecule has 0 aliphatic rings. The van der Waals surface area contributed by atoms with Gasteiger partial charge in [0.15, 0.2) is 0 Å². The Labute approximate surface area is 121 Å². The van der Waals surface area contributed by atoms with Crippen LogP contribution in [0.1, 0.15) is 46.1 Å². The lowest BCUT2D eigenvalue weighted by molar-refractivity contribution is 0.0948. The number of aromatic amines is 1. The van der Waals surface area contributed by atoms with Crippen LogP contribution >= 0.6 is 11.3 Å². The van der Waals surface area contributed by atoms with Gasteiger partial charge in [-0.2, -0.15) is 5.10 Å². The third-order valence-corrected chi connectivity index (χ3v) is 4.03. The van der Waals surface area contributed by atoms with Crippen molar-refractivity contribution in [2.75, 3.05) is 6.54 Å². The van der Waals surface area contributed by atoms with E-state index in [0.717, 1.165) is 23.5 Å². The summed E-state index contributed by atoms with van der Waals surface area (Å²) in [7, 11) is 0. The molecule has 0 saturated heterocycles. The van der Waals surface area contributed by atoms with Crippen molar-refractivity contribution in [3.8, 4) is 0 Å². The Morgan fingerprint density at radius 2 is 2.40 bits per heavy atom. The molecule has 20 heavy (non-hydrogen) atoms. The monoisotopic (exact) mass is 293 g/mol. The van der Waals surface area contributed by atoms with E-state index >= 15 is 0 Å². The van der Waals surface area contributed by atoms with E-state index in [4.69, 9.17) is 5.73 Å². The van der Waals surface area contributed by atoms with Crippen LogP contribution in [0, 0.1) is 6.92 Å². The Hall–Kier alpha value is -1.73. The van der Waals surface area contributed by atoms with E-state index in [1.807, 2.05) is 20.0 Å². The summed E-state index contributed by atoms with van der Waals surface area (Å²) in [6.07, 6.45) is 3.59. The molecule has 2 aromatic heterocycles. The summed E-state index contributed by atoms with van der Waals surface area (Å²) in [5.41, 5.74) is 8.44. The summed E-state index contributed by atoms with van der Waals surface area (Å²) < 4.78 is 0. The molecule has 0 bridgehead atoms. The minimum atomic E-state index is -0.142. The molecule has 0 aliphatic carbocycles. The number of nitrogens with zero attached hydrogens (tertiary/aromatic N) is 2. The third kappa shape index (κ3) is 3.64. The summed E-state index contributed by atoms with van der Waals surface area (Å²) in [6, 6.07) is -0.134. The number of aromatic nitrogens is 3. The summed E-state index contributed by atoms with van der Waals surface area (Å²) in [5.74, 6) is -0.142. The molecule has 1 amide bonds. The molecule has 0 saturated carbocycles. The van der Waals surface area contributed by atoms with Crippen LogP contribution in [0.25, 0.3) is 0 Å². The molecular weight excluding hydrogens is 274 g/mol. The Bertz CT molecular complexity index is 575. The molecule has 0 aliphatic heterocycles. The maximum absolute atomic E-state index is 11.9.